The van der Waals surface area contributed by atoms with E-state index in [9.17, 15) is 13.2 Å². The summed E-state index contributed by atoms with van der Waals surface area (Å²) in [4.78, 5) is 25.0. The minimum Gasteiger partial charge on any atom is -0.482 e. The molecule has 5 aromatic rings. The van der Waals surface area contributed by atoms with E-state index in [1.165, 1.54) is 18.1 Å². The van der Waals surface area contributed by atoms with Gasteiger partial charge in [-0.3, -0.25) is 9.88 Å². The predicted octanol–water partition coefficient (Wildman–Crippen LogP) is 7.70. The third kappa shape index (κ3) is 7.88. The summed E-state index contributed by atoms with van der Waals surface area (Å²) in [6, 6.07) is 14.5. The van der Waals surface area contributed by atoms with Crippen LogP contribution in [0.25, 0.3) is 21.9 Å². The molecular formula is C39H47F3N9OP. The molecule has 0 amide bonds. The molecule has 0 bridgehead atoms. The number of H-pyrrole nitrogens is 1. The summed E-state index contributed by atoms with van der Waals surface area (Å²) in [6.45, 7) is 11.0. The molecule has 0 unspecified atom stereocenters. The molecule has 5 heterocycles. The number of nitrogens with one attached hydrogen (secondary N) is 3. The summed E-state index contributed by atoms with van der Waals surface area (Å²) in [5.74, 6) is 1.48. The Balaban J connectivity index is 1.08. The Morgan fingerprint density at radius 2 is 1.64 bits per heavy atom. The molecule has 14 heteroatoms. The number of pyridine rings is 1. The molecule has 8 rings (SSSR count). The number of piperidine rings is 1. The van der Waals surface area contributed by atoms with Crippen LogP contribution in [0, 0.1) is 6.92 Å². The van der Waals surface area contributed by atoms with Crippen LogP contribution >= 0.6 is 7.92 Å². The number of piperazine rings is 1. The largest absolute Gasteiger partial charge is 0.482 e. The van der Waals surface area contributed by atoms with E-state index in [4.69, 9.17) is 19.7 Å². The van der Waals surface area contributed by atoms with Crippen LogP contribution in [0.5, 0.6) is 5.75 Å². The van der Waals surface area contributed by atoms with Crippen LogP contribution in [0.4, 0.5) is 42.0 Å². The monoisotopic (exact) mass is 745 g/mol. The van der Waals surface area contributed by atoms with E-state index >= 15 is 0 Å². The molecule has 1 saturated carbocycles. The van der Waals surface area contributed by atoms with Gasteiger partial charge in [-0.15, -0.1) is 0 Å². The number of aromatic amines is 1. The van der Waals surface area contributed by atoms with E-state index in [0.29, 0.717) is 29.1 Å². The predicted molar refractivity (Wildman–Crippen MR) is 210 cm³/mol. The lowest BCUT2D eigenvalue weighted by Crippen LogP contribution is -2.52. The number of rotatable bonds is 10. The lowest BCUT2D eigenvalue weighted by atomic mass is 10.0. The van der Waals surface area contributed by atoms with Crippen LogP contribution in [0.1, 0.15) is 42.9 Å². The average molecular weight is 746 g/mol. The van der Waals surface area contributed by atoms with Crippen LogP contribution in [-0.4, -0.2) is 108 Å². The van der Waals surface area contributed by atoms with Crippen molar-refractivity contribution in [2.24, 2.45) is 0 Å². The molecule has 0 radical (unpaired) electrons. The quantitative estimate of drug-likeness (QED) is 0.124. The number of halogens is 3. The highest BCUT2D eigenvalue weighted by atomic mass is 31.1. The summed E-state index contributed by atoms with van der Waals surface area (Å²) in [7, 11) is 1.64. The average Bonchev–Trinajstić information content (AvgIpc) is 3.87. The number of aryl methyl sites for hydroxylation is 1. The van der Waals surface area contributed by atoms with Crippen LogP contribution in [-0.2, 0) is 0 Å². The number of anilines is 5. The molecule has 2 aliphatic heterocycles. The number of aromatic nitrogens is 4. The first-order valence-electron chi connectivity index (χ1n) is 18.5. The summed E-state index contributed by atoms with van der Waals surface area (Å²) in [5.41, 5.74) is 5.87. The maximum absolute atomic E-state index is 13.5. The molecule has 3 aliphatic rings. The number of ether oxygens (including phenoxy) is 1. The van der Waals surface area contributed by atoms with Crippen LogP contribution < -0.4 is 25.6 Å². The third-order valence-corrected chi connectivity index (χ3v) is 12.1. The molecule has 0 atom stereocenters. The third-order valence-electron chi connectivity index (χ3n) is 10.8. The number of hydrogen-bond donors (Lipinski definition) is 3. The molecule has 53 heavy (non-hydrogen) atoms. The van der Waals surface area contributed by atoms with Crippen molar-refractivity contribution < 1.29 is 17.9 Å². The van der Waals surface area contributed by atoms with E-state index in [-0.39, 0.29) is 11.7 Å². The minimum absolute atomic E-state index is 0.103. The van der Waals surface area contributed by atoms with Gasteiger partial charge < -0.3 is 30.2 Å². The van der Waals surface area contributed by atoms with Gasteiger partial charge in [0.1, 0.15) is 17.2 Å². The Bertz CT molecular complexity index is 2100. The second-order valence-electron chi connectivity index (χ2n) is 14.9. The van der Waals surface area contributed by atoms with E-state index in [0.717, 1.165) is 91.0 Å². The number of benzene rings is 2. The van der Waals surface area contributed by atoms with Gasteiger partial charge in [0.05, 0.1) is 16.6 Å². The smallest absolute Gasteiger partial charge is 0.422 e. The minimum atomic E-state index is -4.50. The van der Waals surface area contributed by atoms with E-state index < -0.39 is 20.7 Å². The van der Waals surface area contributed by atoms with Crippen molar-refractivity contribution in [2.75, 3.05) is 81.8 Å². The fourth-order valence-electron chi connectivity index (χ4n) is 7.79. The first kappa shape index (κ1) is 35.8. The lowest BCUT2D eigenvalue weighted by Gasteiger charge is -2.43. The molecule has 0 spiro atoms. The van der Waals surface area contributed by atoms with Crippen LogP contribution in [0.2, 0.25) is 0 Å². The summed E-state index contributed by atoms with van der Waals surface area (Å²) in [6.07, 6.45) is 1.73. The lowest BCUT2D eigenvalue weighted by molar-refractivity contribution is -0.153. The molecule has 280 valence electrons. The Kier molecular flexibility index (Phi) is 9.84. The standard InChI is InChI=1S/C39H47F3N9OP/c1-24-21-32(34(52-23-39(40,41)42)22-33(24)51-15-12-26(13-16-51)50-19-17-49(2)18-20-50)46-38-47-36-28(11-14-43-36)37(48-38)45-31-10-9-30-27(35(31)53(3)4)7-8-29(44-30)25-5-6-25/h7-11,14,21-22,25-26H,5-6,12-13,15-20,23H2,1-4H3,(H3,43,45,46,47,48). The molecule has 2 saturated heterocycles. The fraction of sp³-hybridized carbons (Fsp3) is 0.462. The molecule has 2 aromatic carbocycles. The van der Waals surface area contributed by atoms with Gasteiger partial charge in [-0.25, -0.2) is 0 Å². The summed E-state index contributed by atoms with van der Waals surface area (Å²) in [5, 5.41) is 9.93. The van der Waals surface area contributed by atoms with Gasteiger partial charge in [0.15, 0.2) is 6.61 Å². The highest BCUT2D eigenvalue weighted by molar-refractivity contribution is 7.65. The molecular weight excluding hydrogens is 698 g/mol. The molecule has 3 fully saturated rings. The Morgan fingerprint density at radius 1 is 0.868 bits per heavy atom. The van der Waals surface area contributed by atoms with Gasteiger partial charge in [0.2, 0.25) is 5.95 Å². The number of hydrogen-bond acceptors (Lipinski definition) is 9. The van der Waals surface area contributed by atoms with Gasteiger partial charge in [0, 0.05) is 91.3 Å². The molecule has 10 nitrogen and oxygen atoms in total. The topological polar surface area (TPSA) is 97.5 Å². The van der Waals surface area contributed by atoms with Crippen molar-refractivity contribution in [3.8, 4) is 5.75 Å². The van der Waals surface area contributed by atoms with Crippen molar-refractivity contribution in [3.05, 3.63) is 59.9 Å². The zero-order valence-electron chi connectivity index (χ0n) is 30.7. The number of likely N-dealkylation sites (N-methyl/N-ethyl adjacent to an activating group) is 1. The maximum atomic E-state index is 13.5. The number of nitrogens with zero attached hydrogens (tertiary/aromatic N) is 6. The molecule has 3 aromatic heterocycles. The summed E-state index contributed by atoms with van der Waals surface area (Å²) < 4.78 is 46.0. The maximum Gasteiger partial charge on any atom is 0.422 e. The van der Waals surface area contributed by atoms with E-state index in [2.05, 4.69) is 75.0 Å². The molecule has 1 aliphatic carbocycles. The van der Waals surface area contributed by atoms with Crippen molar-refractivity contribution in [1.82, 2.24) is 29.7 Å². The zero-order chi connectivity index (χ0) is 36.9. The van der Waals surface area contributed by atoms with Crippen molar-refractivity contribution >= 4 is 64.0 Å². The second-order valence-corrected chi connectivity index (χ2v) is 17.2. The van der Waals surface area contributed by atoms with Gasteiger partial charge in [-0.05, 0) is 88.9 Å². The van der Waals surface area contributed by atoms with Crippen LogP contribution in [0.3, 0.4) is 0 Å². The van der Waals surface area contributed by atoms with Gasteiger partial charge in [-0.1, -0.05) is 14.0 Å². The second kappa shape index (κ2) is 14.6. The Hall–Kier alpha value is -4.19. The first-order valence-corrected chi connectivity index (χ1v) is 20.7. The van der Waals surface area contributed by atoms with Crippen molar-refractivity contribution in [3.63, 3.8) is 0 Å². The Labute approximate surface area is 309 Å². The number of alkyl halides is 3. The van der Waals surface area contributed by atoms with Gasteiger partial charge in [-0.2, -0.15) is 23.1 Å². The SMILES string of the molecule is Cc1cc(Nc2nc(Nc3ccc4nc(C5CC5)ccc4c3P(C)C)c3cc[nH]c3n2)c(OCC(F)(F)F)cc1N1CCC(N2CCN(C)CC2)CC1. The highest BCUT2D eigenvalue weighted by Crippen LogP contribution is 2.41. The van der Waals surface area contributed by atoms with Gasteiger partial charge in [0.25, 0.3) is 0 Å². The van der Waals surface area contributed by atoms with Crippen LogP contribution in [0.15, 0.2) is 48.7 Å². The normalized spacial score (nSPS) is 18.0. The van der Waals surface area contributed by atoms with Crippen molar-refractivity contribution in [1.29, 1.82) is 0 Å². The zero-order valence-corrected chi connectivity index (χ0v) is 31.6. The van der Waals surface area contributed by atoms with Crippen molar-refractivity contribution in [2.45, 2.75) is 50.7 Å². The summed E-state index contributed by atoms with van der Waals surface area (Å²) >= 11 is 0. The Morgan fingerprint density at radius 3 is 2.36 bits per heavy atom. The van der Waals surface area contributed by atoms with Gasteiger partial charge >= 0.3 is 6.18 Å². The first-order chi connectivity index (χ1) is 25.5. The fourth-order valence-corrected chi connectivity index (χ4v) is 9.07. The number of fused-ring (bicyclic) bond motifs is 2. The van der Waals surface area contributed by atoms with E-state index in [1.807, 2.05) is 19.1 Å². The van der Waals surface area contributed by atoms with E-state index in [1.54, 1.807) is 12.3 Å². The highest BCUT2D eigenvalue weighted by Gasteiger charge is 2.31. The molecule has 3 N–H and O–H groups in total.